The molecule has 0 radical (unpaired) electrons. The number of carbonyl (C=O) groups is 1. The van der Waals surface area contributed by atoms with Gasteiger partial charge in [-0.05, 0) is 60.0 Å². The van der Waals surface area contributed by atoms with Crippen molar-refractivity contribution in [2.24, 2.45) is 5.92 Å². The van der Waals surface area contributed by atoms with Gasteiger partial charge in [-0.25, -0.2) is 4.79 Å². The number of ether oxygens (including phenoxy) is 2. The Morgan fingerprint density at radius 2 is 1.97 bits per heavy atom. The third kappa shape index (κ3) is 6.15. The van der Waals surface area contributed by atoms with Crippen molar-refractivity contribution in [2.75, 3.05) is 25.6 Å². The monoisotopic (exact) mass is 425 g/mol. The number of methoxy groups -OCH3 is 1. The summed E-state index contributed by atoms with van der Waals surface area (Å²) in [5.41, 5.74) is 2.41. The van der Waals surface area contributed by atoms with Crippen molar-refractivity contribution in [3.05, 3.63) is 54.2 Å². The molecule has 0 spiro atoms. The smallest absolute Gasteiger partial charge is 0.319 e. The number of benzene rings is 2. The number of nitrogens with one attached hydrogen (secondary N) is 3. The fraction of sp³-hybridized carbons (Fsp3) is 0.375. The third-order valence-corrected chi connectivity index (χ3v) is 5.07. The van der Waals surface area contributed by atoms with Gasteiger partial charge in [0.1, 0.15) is 0 Å². The summed E-state index contributed by atoms with van der Waals surface area (Å²) < 4.78 is 11.2. The van der Waals surface area contributed by atoms with Crippen LogP contribution in [0.5, 0.6) is 11.5 Å². The van der Waals surface area contributed by atoms with E-state index >= 15 is 0 Å². The summed E-state index contributed by atoms with van der Waals surface area (Å²) in [5.74, 6) is 1.82. The van der Waals surface area contributed by atoms with Crippen LogP contribution in [0.15, 0.2) is 48.7 Å². The maximum Gasteiger partial charge on any atom is 0.319 e. The van der Waals surface area contributed by atoms with E-state index in [1.807, 2.05) is 30.5 Å². The van der Waals surface area contributed by atoms with Crippen LogP contribution in [0.25, 0.3) is 10.9 Å². The molecule has 0 aliphatic rings. The number of aliphatic hydroxyl groups is 1. The number of anilines is 1. The van der Waals surface area contributed by atoms with Gasteiger partial charge in [0.2, 0.25) is 0 Å². The molecule has 1 atom stereocenters. The van der Waals surface area contributed by atoms with Gasteiger partial charge in [0.25, 0.3) is 0 Å². The molecule has 0 aliphatic carbocycles. The molecule has 7 nitrogen and oxygen atoms in total. The van der Waals surface area contributed by atoms with Gasteiger partial charge in [-0.15, -0.1) is 0 Å². The molecule has 1 heterocycles. The van der Waals surface area contributed by atoms with Crippen LogP contribution in [0.3, 0.4) is 0 Å². The number of rotatable bonds is 10. The molecule has 0 saturated carbocycles. The Hall–Kier alpha value is -3.19. The average Bonchev–Trinajstić information content (AvgIpc) is 3.23. The zero-order valence-electron chi connectivity index (χ0n) is 18.3. The topological polar surface area (TPSA) is 95.6 Å². The quantitative estimate of drug-likeness (QED) is 0.349. The first kappa shape index (κ1) is 22.5. The lowest BCUT2D eigenvalue weighted by Crippen LogP contribution is -2.34. The fourth-order valence-corrected chi connectivity index (χ4v) is 3.39. The number of carbonyl (C=O) groups excluding carboxylic acids is 1. The molecule has 31 heavy (non-hydrogen) atoms. The maximum absolute atomic E-state index is 12.6. The lowest BCUT2D eigenvalue weighted by Gasteiger charge is -2.18. The van der Waals surface area contributed by atoms with Crippen LogP contribution < -0.4 is 20.1 Å². The Morgan fingerprint density at radius 3 is 2.71 bits per heavy atom. The van der Waals surface area contributed by atoms with Crippen LogP contribution in [-0.2, 0) is 0 Å². The van der Waals surface area contributed by atoms with Crippen molar-refractivity contribution < 1.29 is 19.4 Å². The first-order valence-electron chi connectivity index (χ1n) is 10.6. The average molecular weight is 426 g/mol. The van der Waals surface area contributed by atoms with Gasteiger partial charge in [-0.1, -0.05) is 19.9 Å². The Balaban J connectivity index is 1.63. The normalized spacial score (nSPS) is 12.0. The zero-order valence-corrected chi connectivity index (χ0v) is 18.3. The molecule has 3 rings (SSSR count). The van der Waals surface area contributed by atoms with E-state index in [1.165, 1.54) is 0 Å². The molecular weight excluding hydrogens is 394 g/mol. The van der Waals surface area contributed by atoms with Gasteiger partial charge in [0.15, 0.2) is 11.5 Å². The van der Waals surface area contributed by atoms with Crippen LogP contribution in [0.4, 0.5) is 10.5 Å². The van der Waals surface area contributed by atoms with Gasteiger partial charge in [0.05, 0.1) is 26.4 Å². The number of amides is 2. The molecule has 1 unspecified atom stereocenters. The Labute approximate surface area is 182 Å². The minimum Gasteiger partial charge on any atom is -0.493 e. The van der Waals surface area contributed by atoms with Gasteiger partial charge >= 0.3 is 6.03 Å². The lowest BCUT2D eigenvalue weighted by atomic mass is 10.1. The molecule has 2 amide bonds. The highest BCUT2D eigenvalue weighted by Gasteiger charge is 2.15. The summed E-state index contributed by atoms with van der Waals surface area (Å²) in [6.07, 6.45) is 3.89. The van der Waals surface area contributed by atoms with Crippen LogP contribution in [0.2, 0.25) is 0 Å². The second kappa shape index (κ2) is 10.7. The highest BCUT2D eigenvalue weighted by Crippen LogP contribution is 2.30. The van der Waals surface area contributed by atoms with Crippen LogP contribution in [-0.4, -0.2) is 36.4 Å². The third-order valence-electron chi connectivity index (χ3n) is 5.07. The van der Waals surface area contributed by atoms with Gasteiger partial charge in [0, 0.05) is 23.5 Å². The summed E-state index contributed by atoms with van der Waals surface area (Å²) >= 11 is 0. The molecule has 2 aromatic carbocycles. The largest absolute Gasteiger partial charge is 0.493 e. The molecule has 3 aromatic rings. The summed E-state index contributed by atoms with van der Waals surface area (Å²) in [6.45, 7) is 4.73. The van der Waals surface area contributed by atoms with Crippen molar-refractivity contribution in [1.29, 1.82) is 0 Å². The van der Waals surface area contributed by atoms with Gasteiger partial charge in [-0.3, -0.25) is 0 Å². The van der Waals surface area contributed by atoms with Crippen LogP contribution >= 0.6 is 0 Å². The fourth-order valence-electron chi connectivity index (χ4n) is 3.39. The minimum absolute atomic E-state index is 0.212. The zero-order chi connectivity index (χ0) is 22.2. The number of aromatic amines is 1. The summed E-state index contributed by atoms with van der Waals surface area (Å²) in [6, 6.07) is 12.0. The number of aromatic nitrogens is 1. The maximum atomic E-state index is 12.6. The van der Waals surface area contributed by atoms with Crippen molar-refractivity contribution in [1.82, 2.24) is 10.3 Å². The number of hydrogen-bond acceptors (Lipinski definition) is 4. The molecule has 0 bridgehead atoms. The first-order chi connectivity index (χ1) is 15.0. The van der Waals surface area contributed by atoms with E-state index in [9.17, 15) is 9.90 Å². The van der Waals surface area contributed by atoms with Crippen molar-refractivity contribution in [3.8, 4) is 11.5 Å². The predicted octanol–water partition coefficient (Wildman–Crippen LogP) is 4.85. The molecule has 0 aliphatic heterocycles. The summed E-state index contributed by atoms with van der Waals surface area (Å²) in [7, 11) is 1.59. The van der Waals surface area contributed by atoms with Crippen molar-refractivity contribution >= 4 is 22.6 Å². The lowest BCUT2D eigenvalue weighted by molar-refractivity contribution is 0.225. The summed E-state index contributed by atoms with van der Waals surface area (Å²) in [5, 5.41) is 16.4. The van der Waals surface area contributed by atoms with Crippen LogP contribution in [0, 0.1) is 5.92 Å². The van der Waals surface area contributed by atoms with Gasteiger partial charge < -0.3 is 30.2 Å². The van der Waals surface area contributed by atoms with Crippen LogP contribution in [0.1, 0.15) is 38.3 Å². The second-order valence-electron chi connectivity index (χ2n) is 7.91. The molecule has 4 N–H and O–H groups in total. The Kier molecular flexibility index (Phi) is 7.78. The highest BCUT2D eigenvalue weighted by atomic mass is 16.5. The number of aliphatic hydroxyl groups excluding tert-OH is 1. The Bertz CT molecular complexity index is 999. The van der Waals surface area contributed by atoms with E-state index < -0.39 is 12.1 Å². The standard InChI is InChI=1S/C24H31N3O4/c1-16(2)5-4-12-31-23-14-19(7-9-22(23)30-3)26-24(29)27-21(15-28)17-6-8-20-18(13-17)10-11-25-20/h6-11,13-14,16,21,25,28H,4-5,12,15H2,1-3H3,(H2,26,27,29). The molecule has 0 fully saturated rings. The molecule has 7 heteroatoms. The predicted molar refractivity (Wildman–Crippen MR) is 123 cm³/mol. The van der Waals surface area contributed by atoms with E-state index in [2.05, 4.69) is 29.5 Å². The summed E-state index contributed by atoms with van der Waals surface area (Å²) in [4.78, 5) is 15.7. The number of H-pyrrole nitrogens is 1. The second-order valence-corrected chi connectivity index (χ2v) is 7.91. The van der Waals surface area contributed by atoms with E-state index in [0.29, 0.717) is 29.7 Å². The SMILES string of the molecule is COc1ccc(NC(=O)NC(CO)c2ccc3[nH]ccc3c2)cc1OCCCC(C)C. The molecular formula is C24H31N3O4. The van der Waals surface area contributed by atoms with E-state index in [0.717, 1.165) is 29.3 Å². The minimum atomic E-state index is -0.524. The van der Waals surface area contributed by atoms with E-state index in [4.69, 9.17) is 9.47 Å². The Morgan fingerprint density at radius 1 is 1.13 bits per heavy atom. The van der Waals surface area contributed by atoms with E-state index in [-0.39, 0.29) is 6.61 Å². The number of fused-ring (bicyclic) bond motifs is 1. The van der Waals surface area contributed by atoms with Crippen molar-refractivity contribution in [2.45, 2.75) is 32.7 Å². The van der Waals surface area contributed by atoms with Gasteiger partial charge in [-0.2, -0.15) is 0 Å². The molecule has 1 aromatic heterocycles. The number of hydrogen-bond donors (Lipinski definition) is 4. The highest BCUT2D eigenvalue weighted by molar-refractivity contribution is 5.90. The van der Waals surface area contributed by atoms with E-state index in [1.54, 1.807) is 25.3 Å². The number of urea groups is 1. The molecule has 166 valence electrons. The first-order valence-corrected chi connectivity index (χ1v) is 10.6. The molecule has 0 saturated heterocycles. The van der Waals surface area contributed by atoms with Crippen molar-refractivity contribution in [3.63, 3.8) is 0 Å².